The number of nitrogens with one attached hydrogen (secondary N) is 1. The van der Waals surface area contributed by atoms with Crippen molar-refractivity contribution in [1.82, 2.24) is 5.32 Å². The van der Waals surface area contributed by atoms with E-state index in [1.165, 1.54) is 34.6 Å². The summed E-state index contributed by atoms with van der Waals surface area (Å²) >= 11 is 2.08. The summed E-state index contributed by atoms with van der Waals surface area (Å²) in [6.07, 6.45) is 1.33. The van der Waals surface area contributed by atoms with E-state index < -0.39 is 0 Å². The lowest BCUT2D eigenvalue weighted by atomic mass is 9.88. The molecule has 2 rings (SSSR count). The van der Waals surface area contributed by atoms with Crippen molar-refractivity contribution in [2.45, 2.75) is 33.2 Å². The topological polar surface area (TPSA) is 21.3 Å². The smallest absolute Gasteiger partial charge is 0.122 e. The summed E-state index contributed by atoms with van der Waals surface area (Å²) in [6, 6.07) is 4.98. The molecule has 1 aromatic rings. The summed E-state index contributed by atoms with van der Waals surface area (Å²) in [5.74, 6) is 4.34. The Morgan fingerprint density at radius 3 is 2.74 bits per heavy atom. The molecule has 1 aliphatic heterocycles. The molecule has 0 bridgehead atoms. The van der Waals surface area contributed by atoms with Gasteiger partial charge in [-0.25, -0.2) is 0 Å². The minimum atomic E-state index is 0.490. The Hall–Kier alpha value is -0.670. The van der Waals surface area contributed by atoms with Crippen LogP contribution in [-0.4, -0.2) is 25.2 Å². The second-order valence-electron chi connectivity index (χ2n) is 5.34. The van der Waals surface area contributed by atoms with Gasteiger partial charge in [-0.3, -0.25) is 0 Å². The van der Waals surface area contributed by atoms with Gasteiger partial charge in [0.25, 0.3) is 0 Å². The molecule has 1 N–H and O–H groups in total. The molecule has 2 unspecified atom stereocenters. The number of hydrogen-bond acceptors (Lipinski definition) is 3. The van der Waals surface area contributed by atoms with E-state index >= 15 is 0 Å². The zero-order valence-corrected chi connectivity index (χ0v) is 13.3. The van der Waals surface area contributed by atoms with Gasteiger partial charge in [0.05, 0.1) is 7.11 Å². The molecular formula is C16H25NOS. The molecular weight excluding hydrogens is 254 g/mol. The molecule has 2 atom stereocenters. The highest BCUT2D eigenvalue weighted by Gasteiger charge is 2.27. The fraction of sp³-hybridized carbons (Fsp3) is 0.625. The van der Waals surface area contributed by atoms with Crippen molar-refractivity contribution in [3.63, 3.8) is 0 Å². The first-order valence-corrected chi connectivity index (χ1v) is 8.29. The van der Waals surface area contributed by atoms with E-state index in [-0.39, 0.29) is 0 Å². The number of ether oxygens (including phenoxy) is 1. The lowest BCUT2D eigenvalue weighted by Gasteiger charge is -2.26. The third kappa shape index (κ3) is 3.26. The number of rotatable bonds is 5. The van der Waals surface area contributed by atoms with E-state index in [1.54, 1.807) is 7.11 Å². The van der Waals surface area contributed by atoms with Crippen LogP contribution in [0.15, 0.2) is 12.1 Å². The van der Waals surface area contributed by atoms with Crippen LogP contribution in [0.5, 0.6) is 5.75 Å². The highest BCUT2D eigenvalue weighted by Crippen LogP contribution is 2.37. The summed E-state index contributed by atoms with van der Waals surface area (Å²) in [5, 5.41) is 3.69. The van der Waals surface area contributed by atoms with Crippen LogP contribution in [0.3, 0.4) is 0 Å². The average molecular weight is 279 g/mol. The van der Waals surface area contributed by atoms with Crippen LogP contribution >= 0.6 is 11.8 Å². The normalized spacial score (nSPS) is 20.5. The quantitative estimate of drug-likeness (QED) is 0.887. The molecule has 1 aromatic carbocycles. The SMILES string of the molecule is CCNC(c1cc(C)c(OC)cc1C)C1CCSC1. The highest BCUT2D eigenvalue weighted by molar-refractivity contribution is 7.99. The van der Waals surface area contributed by atoms with Crippen molar-refractivity contribution >= 4 is 11.8 Å². The first-order chi connectivity index (χ1) is 9.17. The monoisotopic (exact) mass is 279 g/mol. The van der Waals surface area contributed by atoms with Gasteiger partial charge in [-0.15, -0.1) is 0 Å². The van der Waals surface area contributed by atoms with Crippen LogP contribution in [0.1, 0.15) is 36.1 Å². The molecule has 106 valence electrons. The number of hydrogen-bond donors (Lipinski definition) is 1. The summed E-state index contributed by atoms with van der Waals surface area (Å²) in [6.45, 7) is 7.55. The molecule has 3 heteroatoms. The Morgan fingerprint density at radius 1 is 1.37 bits per heavy atom. The van der Waals surface area contributed by atoms with Crippen molar-refractivity contribution in [3.8, 4) is 5.75 Å². The molecule has 0 saturated carbocycles. The largest absolute Gasteiger partial charge is 0.496 e. The standard InChI is InChI=1S/C16H25NOS/c1-5-17-16(13-6-7-19-10-13)14-8-12(3)15(18-4)9-11(14)2/h8-9,13,16-17H,5-7,10H2,1-4H3. The lowest BCUT2D eigenvalue weighted by Crippen LogP contribution is -2.29. The highest BCUT2D eigenvalue weighted by atomic mass is 32.2. The van der Waals surface area contributed by atoms with Crippen LogP contribution in [0.2, 0.25) is 0 Å². The van der Waals surface area contributed by atoms with E-state index in [9.17, 15) is 0 Å². The zero-order valence-electron chi connectivity index (χ0n) is 12.5. The molecule has 19 heavy (non-hydrogen) atoms. The maximum atomic E-state index is 5.42. The molecule has 0 aliphatic carbocycles. The van der Waals surface area contributed by atoms with Crippen LogP contribution in [-0.2, 0) is 0 Å². The van der Waals surface area contributed by atoms with Gasteiger partial charge in [0.2, 0.25) is 0 Å². The Labute approximate surface area is 121 Å². The third-order valence-electron chi connectivity index (χ3n) is 3.98. The first kappa shape index (κ1) is 14.7. The second-order valence-corrected chi connectivity index (χ2v) is 6.49. The molecule has 0 amide bonds. The Kier molecular flexibility index (Phi) is 5.17. The van der Waals surface area contributed by atoms with Gasteiger partial charge in [-0.2, -0.15) is 11.8 Å². The minimum Gasteiger partial charge on any atom is -0.496 e. The number of thioether (sulfide) groups is 1. The van der Waals surface area contributed by atoms with Gasteiger partial charge in [-0.05, 0) is 67.0 Å². The fourth-order valence-corrected chi connectivity index (χ4v) is 4.23. The lowest BCUT2D eigenvalue weighted by molar-refractivity contribution is 0.395. The van der Waals surface area contributed by atoms with E-state index in [0.717, 1.165) is 18.2 Å². The molecule has 1 heterocycles. The number of methoxy groups -OCH3 is 1. The second kappa shape index (κ2) is 6.67. The van der Waals surface area contributed by atoms with Crippen LogP contribution in [0.4, 0.5) is 0 Å². The van der Waals surface area contributed by atoms with Gasteiger partial charge in [-0.1, -0.05) is 13.0 Å². The van der Waals surface area contributed by atoms with Gasteiger partial charge in [0.15, 0.2) is 0 Å². The fourth-order valence-electron chi connectivity index (χ4n) is 2.93. The molecule has 1 fully saturated rings. The summed E-state index contributed by atoms with van der Waals surface area (Å²) < 4.78 is 5.42. The molecule has 0 radical (unpaired) electrons. The van der Waals surface area contributed by atoms with Crippen molar-refractivity contribution < 1.29 is 4.74 Å². The molecule has 1 aliphatic rings. The van der Waals surface area contributed by atoms with Gasteiger partial charge < -0.3 is 10.1 Å². The third-order valence-corrected chi connectivity index (χ3v) is 5.17. The maximum Gasteiger partial charge on any atom is 0.122 e. The minimum absolute atomic E-state index is 0.490. The van der Waals surface area contributed by atoms with Crippen molar-refractivity contribution in [2.75, 3.05) is 25.2 Å². The van der Waals surface area contributed by atoms with E-state index in [0.29, 0.717) is 6.04 Å². The van der Waals surface area contributed by atoms with E-state index in [2.05, 4.69) is 50.0 Å². The van der Waals surface area contributed by atoms with Crippen molar-refractivity contribution in [2.24, 2.45) is 5.92 Å². The first-order valence-electron chi connectivity index (χ1n) is 7.13. The van der Waals surface area contributed by atoms with Crippen molar-refractivity contribution in [1.29, 1.82) is 0 Å². The predicted molar refractivity (Wildman–Crippen MR) is 84.3 cm³/mol. The Morgan fingerprint density at radius 2 is 2.16 bits per heavy atom. The molecule has 0 aromatic heterocycles. The Balaban J connectivity index is 2.32. The predicted octanol–water partition coefficient (Wildman–Crippen LogP) is 3.72. The zero-order chi connectivity index (χ0) is 13.8. The summed E-state index contributed by atoms with van der Waals surface area (Å²) in [7, 11) is 1.75. The molecule has 1 saturated heterocycles. The van der Waals surface area contributed by atoms with Crippen LogP contribution in [0.25, 0.3) is 0 Å². The van der Waals surface area contributed by atoms with Gasteiger partial charge in [0.1, 0.15) is 5.75 Å². The summed E-state index contributed by atoms with van der Waals surface area (Å²) in [4.78, 5) is 0. The average Bonchev–Trinajstić information content (AvgIpc) is 2.92. The molecule has 0 spiro atoms. The summed E-state index contributed by atoms with van der Waals surface area (Å²) in [5.41, 5.74) is 4.02. The number of benzene rings is 1. The van der Waals surface area contributed by atoms with Gasteiger partial charge in [0, 0.05) is 6.04 Å². The maximum absolute atomic E-state index is 5.42. The van der Waals surface area contributed by atoms with Crippen LogP contribution < -0.4 is 10.1 Å². The molecule has 2 nitrogen and oxygen atoms in total. The Bertz CT molecular complexity index is 427. The van der Waals surface area contributed by atoms with E-state index in [4.69, 9.17) is 4.74 Å². The van der Waals surface area contributed by atoms with Crippen LogP contribution in [0, 0.1) is 19.8 Å². The number of aryl methyl sites for hydroxylation is 2. The van der Waals surface area contributed by atoms with Crippen molar-refractivity contribution in [3.05, 3.63) is 28.8 Å². The van der Waals surface area contributed by atoms with E-state index in [1.807, 2.05) is 0 Å². The van der Waals surface area contributed by atoms with Gasteiger partial charge >= 0.3 is 0 Å².